The summed E-state index contributed by atoms with van der Waals surface area (Å²) < 4.78 is 4.89. The summed E-state index contributed by atoms with van der Waals surface area (Å²) in [7, 11) is 0. The van der Waals surface area contributed by atoms with Gasteiger partial charge in [0.15, 0.2) is 5.76 Å². The SMILES string of the molecule is O=C(c1ccc([N+](=O)[O-])o1)N1CCCNCC1. The fourth-order valence-electron chi connectivity index (χ4n) is 1.75. The summed E-state index contributed by atoms with van der Waals surface area (Å²) >= 11 is 0. The largest absolute Gasteiger partial charge is 0.433 e. The summed E-state index contributed by atoms with van der Waals surface area (Å²) in [5.74, 6) is -0.665. The molecule has 1 aliphatic heterocycles. The van der Waals surface area contributed by atoms with E-state index in [4.69, 9.17) is 4.42 Å². The zero-order valence-electron chi connectivity index (χ0n) is 9.22. The third-order valence-corrected chi connectivity index (χ3v) is 2.61. The Morgan fingerprint density at radius 3 is 2.94 bits per heavy atom. The third kappa shape index (κ3) is 2.62. The molecule has 0 atom stereocenters. The fraction of sp³-hybridized carbons (Fsp3) is 0.500. The van der Waals surface area contributed by atoms with Gasteiger partial charge in [-0.1, -0.05) is 0 Å². The summed E-state index contributed by atoms with van der Waals surface area (Å²) in [6, 6.07) is 2.54. The lowest BCUT2D eigenvalue weighted by molar-refractivity contribution is -0.402. The van der Waals surface area contributed by atoms with E-state index in [1.165, 1.54) is 12.1 Å². The fourth-order valence-corrected chi connectivity index (χ4v) is 1.75. The van der Waals surface area contributed by atoms with E-state index in [9.17, 15) is 14.9 Å². The van der Waals surface area contributed by atoms with E-state index in [1.807, 2.05) is 0 Å². The second-order valence-electron chi connectivity index (χ2n) is 3.79. The maximum Gasteiger partial charge on any atom is 0.433 e. The number of amides is 1. The number of nitro groups is 1. The van der Waals surface area contributed by atoms with Crippen molar-refractivity contribution < 1.29 is 14.1 Å². The highest BCUT2D eigenvalue weighted by molar-refractivity contribution is 5.91. The molecule has 1 saturated heterocycles. The summed E-state index contributed by atoms with van der Waals surface area (Å²) in [4.78, 5) is 23.4. The molecular formula is C10H13N3O4. The Balaban J connectivity index is 2.09. The van der Waals surface area contributed by atoms with E-state index in [-0.39, 0.29) is 11.7 Å². The van der Waals surface area contributed by atoms with E-state index in [2.05, 4.69) is 5.32 Å². The number of hydrogen-bond donors (Lipinski definition) is 1. The van der Waals surface area contributed by atoms with Crippen molar-refractivity contribution in [3.8, 4) is 0 Å². The highest BCUT2D eigenvalue weighted by Crippen LogP contribution is 2.17. The zero-order valence-corrected chi connectivity index (χ0v) is 9.22. The summed E-state index contributed by atoms with van der Waals surface area (Å²) in [6.07, 6.45) is 0.870. The molecule has 0 spiro atoms. The van der Waals surface area contributed by atoms with E-state index in [0.717, 1.165) is 19.5 Å². The molecule has 1 aromatic rings. The third-order valence-electron chi connectivity index (χ3n) is 2.61. The van der Waals surface area contributed by atoms with Gasteiger partial charge in [0.05, 0.1) is 6.07 Å². The summed E-state index contributed by atoms with van der Waals surface area (Å²) in [5.41, 5.74) is 0. The van der Waals surface area contributed by atoms with Crippen LogP contribution < -0.4 is 5.32 Å². The standard InChI is InChI=1S/C10H13N3O4/c14-10(12-6-1-4-11-5-7-12)8-2-3-9(17-8)13(15)16/h2-3,11H,1,4-7H2. The van der Waals surface area contributed by atoms with Crippen molar-refractivity contribution in [2.75, 3.05) is 26.2 Å². The van der Waals surface area contributed by atoms with Gasteiger partial charge in [-0.3, -0.25) is 14.9 Å². The van der Waals surface area contributed by atoms with Gasteiger partial charge < -0.3 is 14.6 Å². The Hall–Kier alpha value is -1.89. The van der Waals surface area contributed by atoms with Crippen LogP contribution in [0.2, 0.25) is 0 Å². The average molecular weight is 239 g/mol. The van der Waals surface area contributed by atoms with Crippen LogP contribution >= 0.6 is 0 Å². The van der Waals surface area contributed by atoms with Crippen LogP contribution in [0.15, 0.2) is 16.5 Å². The Kier molecular flexibility index (Phi) is 3.38. The smallest absolute Gasteiger partial charge is 0.395 e. The lowest BCUT2D eigenvalue weighted by Crippen LogP contribution is -2.33. The molecule has 2 heterocycles. The topological polar surface area (TPSA) is 88.6 Å². The molecule has 1 fully saturated rings. The van der Waals surface area contributed by atoms with Crippen molar-refractivity contribution in [1.82, 2.24) is 10.2 Å². The second kappa shape index (κ2) is 4.96. The molecule has 0 radical (unpaired) electrons. The molecule has 0 aromatic carbocycles. The van der Waals surface area contributed by atoms with Gasteiger partial charge in [-0.25, -0.2) is 0 Å². The average Bonchev–Trinajstić information content (AvgIpc) is 2.65. The Morgan fingerprint density at radius 1 is 1.41 bits per heavy atom. The van der Waals surface area contributed by atoms with Gasteiger partial charge in [-0.05, 0) is 19.0 Å². The van der Waals surface area contributed by atoms with Crippen LogP contribution in [0.1, 0.15) is 17.0 Å². The van der Waals surface area contributed by atoms with Gasteiger partial charge in [0.1, 0.15) is 4.92 Å². The molecular weight excluding hydrogens is 226 g/mol. The predicted molar refractivity (Wildman–Crippen MR) is 58.8 cm³/mol. The van der Waals surface area contributed by atoms with Crippen LogP contribution in [0.25, 0.3) is 0 Å². The number of nitrogens with zero attached hydrogens (tertiary/aromatic N) is 2. The van der Waals surface area contributed by atoms with Crippen molar-refractivity contribution in [2.45, 2.75) is 6.42 Å². The number of rotatable bonds is 2. The van der Waals surface area contributed by atoms with Crippen LogP contribution in [0.4, 0.5) is 5.88 Å². The van der Waals surface area contributed by atoms with Gasteiger partial charge in [-0.15, -0.1) is 0 Å². The molecule has 17 heavy (non-hydrogen) atoms. The van der Waals surface area contributed by atoms with Crippen molar-refractivity contribution in [2.24, 2.45) is 0 Å². The maximum absolute atomic E-state index is 12.0. The highest BCUT2D eigenvalue weighted by Gasteiger charge is 2.22. The molecule has 0 aliphatic carbocycles. The first-order valence-electron chi connectivity index (χ1n) is 5.42. The summed E-state index contributed by atoms with van der Waals surface area (Å²) in [6.45, 7) is 2.84. The van der Waals surface area contributed by atoms with Gasteiger partial charge in [0.2, 0.25) is 0 Å². The molecule has 2 rings (SSSR count). The van der Waals surface area contributed by atoms with Gasteiger partial charge in [0.25, 0.3) is 5.91 Å². The molecule has 1 aliphatic rings. The van der Waals surface area contributed by atoms with Crippen LogP contribution in [0, 0.1) is 10.1 Å². The molecule has 92 valence electrons. The first kappa shape index (κ1) is 11.6. The highest BCUT2D eigenvalue weighted by atomic mass is 16.6. The number of nitrogens with one attached hydrogen (secondary N) is 1. The zero-order chi connectivity index (χ0) is 12.3. The first-order chi connectivity index (χ1) is 8.18. The normalized spacial score (nSPS) is 16.6. The van der Waals surface area contributed by atoms with Crippen LogP contribution in [-0.4, -0.2) is 41.9 Å². The Labute approximate surface area is 97.5 Å². The lowest BCUT2D eigenvalue weighted by Gasteiger charge is -2.17. The molecule has 0 bridgehead atoms. The minimum Gasteiger partial charge on any atom is -0.395 e. The predicted octanol–water partition coefficient (Wildman–Crippen LogP) is 0.623. The minimum absolute atomic E-state index is 0.0265. The quantitative estimate of drug-likeness (QED) is 0.603. The second-order valence-corrected chi connectivity index (χ2v) is 3.79. The van der Waals surface area contributed by atoms with Crippen molar-refractivity contribution in [3.63, 3.8) is 0 Å². The van der Waals surface area contributed by atoms with E-state index in [1.54, 1.807) is 4.90 Å². The van der Waals surface area contributed by atoms with E-state index < -0.39 is 10.8 Å². The van der Waals surface area contributed by atoms with Gasteiger partial charge in [0, 0.05) is 19.6 Å². The summed E-state index contributed by atoms with van der Waals surface area (Å²) in [5, 5.41) is 13.6. The molecule has 0 unspecified atom stereocenters. The van der Waals surface area contributed by atoms with Crippen molar-refractivity contribution in [1.29, 1.82) is 0 Å². The van der Waals surface area contributed by atoms with Crippen LogP contribution in [-0.2, 0) is 0 Å². The lowest BCUT2D eigenvalue weighted by atomic mass is 10.3. The molecule has 1 N–H and O–H groups in total. The Bertz CT molecular complexity index is 421. The number of carbonyl (C=O) groups is 1. The van der Waals surface area contributed by atoms with Crippen molar-refractivity contribution >= 4 is 11.8 Å². The molecule has 7 nitrogen and oxygen atoms in total. The van der Waals surface area contributed by atoms with Crippen LogP contribution in [0.3, 0.4) is 0 Å². The number of hydrogen-bond acceptors (Lipinski definition) is 5. The molecule has 7 heteroatoms. The van der Waals surface area contributed by atoms with Gasteiger partial charge in [-0.2, -0.15) is 0 Å². The molecule has 1 amide bonds. The minimum atomic E-state index is -0.652. The van der Waals surface area contributed by atoms with Crippen molar-refractivity contribution in [3.05, 3.63) is 28.0 Å². The van der Waals surface area contributed by atoms with Gasteiger partial charge >= 0.3 is 5.88 Å². The Morgan fingerprint density at radius 2 is 2.24 bits per heavy atom. The van der Waals surface area contributed by atoms with E-state index in [0.29, 0.717) is 13.1 Å². The maximum atomic E-state index is 12.0. The van der Waals surface area contributed by atoms with Crippen LogP contribution in [0.5, 0.6) is 0 Å². The number of furan rings is 1. The monoisotopic (exact) mass is 239 g/mol. The molecule has 0 saturated carbocycles. The van der Waals surface area contributed by atoms with E-state index >= 15 is 0 Å². The molecule has 1 aromatic heterocycles. The first-order valence-corrected chi connectivity index (χ1v) is 5.42. The number of carbonyl (C=O) groups excluding carboxylic acids is 1.